The molecule has 0 saturated carbocycles. The van der Waals surface area contributed by atoms with Crippen LogP contribution in [0.3, 0.4) is 0 Å². The number of methoxy groups -OCH3 is 1. The highest BCUT2D eigenvalue weighted by atomic mass is 32.2. The van der Waals surface area contributed by atoms with Crippen molar-refractivity contribution < 1.29 is 9.53 Å². The molecule has 0 spiro atoms. The first kappa shape index (κ1) is 17.2. The molecule has 24 heavy (non-hydrogen) atoms. The first-order valence-electron chi connectivity index (χ1n) is 8.28. The van der Waals surface area contributed by atoms with Crippen LogP contribution in [0.1, 0.15) is 16.9 Å². The smallest absolute Gasteiger partial charge is 0.270 e. The van der Waals surface area contributed by atoms with E-state index < -0.39 is 0 Å². The highest BCUT2D eigenvalue weighted by Gasteiger charge is 2.27. The fourth-order valence-corrected chi connectivity index (χ4v) is 4.23. The fraction of sp³-hybridized carbons (Fsp3) is 0.500. The van der Waals surface area contributed by atoms with Crippen LogP contribution in [0.5, 0.6) is 5.75 Å². The van der Waals surface area contributed by atoms with Crippen molar-refractivity contribution in [3.05, 3.63) is 30.0 Å². The summed E-state index contributed by atoms with van der Waals surface area (Å²) in [5.41, 5.74) is 1.60. The van der Waals surface area contributed by atoms with E-state index in [1.807, 2.05) is 40.9 Å². The highest BCUT2D eigenvalue weighted by Crippen LogP contribution is 2.24. The van der Waals surface area contributed by atoms with E-state index in [9.17, 15) is 4.79 Å². The predicted octanol–water partition coefficient (Wildman–Crippen LogP) is 2.69. The van der Waals surface area contributed by atoms with Crippen LogP contribution in [0.4, 0.5) is 0 Å². The van der Waals surface area contributed by atoms with Crippen LogP contribution in [0.2, 0.25) is 0 Å². The number of aromatic nitrogens is 1. The van der Waals surface area contributed by atoms with Gasteiger partial charge in [-0.15, -0.1) is 0 Å². The summed E-state index contributed by atoms with van der Waals surface area (Å²) in [6.07, 6.45) is 1.05. The van der Waals surface area contributed by atoms with Gasteiger partial charge in [0.15, 0.2) is 0 Å². The zero-order chi connectivity index (χ0) is 17.1. The molecule has 130 valence electrons. The number of carbonyl (C=O) groups is 1. The number of fused-ring (bicyclic) bond motifs is 1. The number of nitrogens with one attached hydrogen (secondary N) is 1. The van der Waals surface area contributed by atoms with Crippen LogP contribution in [-0.2, 0) is 0 Å². The molecule has 6 heteroatoms. The van der Waals surface area contributed by atoms with E-state index in [4.69, 9.17) is 4.74 Å². The first-order valence-corrected chi connectivity index (χ1v) is 9.44. The molecule has 1 unspecified atom stereocenters. The number of rotatable bonds is 4. The molecule has 1 aromatic heterocycles. The number of hydrogen-bond donors (Lipinski definition) is 1. The molecule has 1 saturated heterocycles. The number of likely N-dealkylation sites (N-methyl/N-ethyl adjacent to an activating group) is 1. The molecule has 2 aromatic rings. The van der Waals surface area contributed by atoms with Gasteiger partial charge in [-0.25, -0.2) is 0 Å². The lowest BCUT2D eigenvalue weighted by Gasteiger charge is -2.31. The number of nitrogens with zero attached hydrogens (tertiary/aromatic N) is 2. The Morgan fingerprint density at radius 2 is 2.25 bits per heavy atom. The summed E-state index contributed by atoms with van der Waals surface area (Å²) in [5, 5.41) is 1.03. The van der Waals surface area contributed by atoms with Gasteiger partial charge in [-0.1, -0.05) is 0 Å². The second-order valence-corrected chi connectivity index (χ2v) is 7.63. The number of benzene rings is 1. The van der Waals surface area contributed by atoms with Gasteiger partial charge < -0.3 is 19.5 Å². The fourth-order valence-electron chi connectivity index (χ4n) is 3.17. The topological polar surface area (TPSA) is 48.6 Å². The predicted molar refractivity (Wildman–Crippen MR) is 100 cm³/mol. The Bertz CT molecular complexity index is 713. The summed E-state index contributed by atoms with van der Waals surface area (Å²) < 4.78 is 5.26. The van der Waals surface area contributed by atoms with Crippen molar-refractivity contribution in [1.82, 2.24) is 14.8 Å². The number of amides is 1. The Morgan fingerprint density at radius 1 is 1.42 bits per heavy atom. The van der Waals surface area contributed by atoms with Crippen LogP contribution in [0.25, 0.3) is 10.9 Å². The zero-order valence-corrected chi connectivity index (χ0v) is 15.4. The standard InChI is InChI=1S/C18H25N3O2S/c1-20(2)11-14-12-24-8-4-7-21(14)18(22)17-9-13-5-6-15(23-3)10-16(13)19-17/h5-6,9-10,14,19H,4,7-8,11-12H2,1-3H3. The van der Waals surface area contributed by atoms with E-state index in [1.54, 1.807) is 7.11 Å². The summed E-state index contributed by atoms with van der Waals surface area (Å²) in [6, 6.07) is 8.03. The van der Waals surface area contributed by atoms with Crippen molar-refractivity contribution in [3.8, 4) is 5.75 Å². The van der Waals surface area contributed by atoms with Gasteiger partial charge in [-0.3, -0.25) is 4.79 Å². The lowest BCUT2D eigenvalue weighted by atomic mass is 10.2. The molecule has 1 fully saturated rings. The summed E-state index contributed by atoms with van der Waals surface area (Å²) in [5.74, 6) is 3.01. The Kier molecular flexibility index (Phi) is 5.36. The van der Waals surface area contributed by atoms with Crippen LogP contribution < -0.4 is 4.74 Å². The second-order valence-electron chi connectivity index (χ2n) is 6.48. The Balaban J connectivity index is 1.87. The minimum absolute atomic E-state index is 0.0968. The summed E-state index contributed by atoms with van der Waals surface area (Å²) in [7, 11) is 5.78. The molecule has 0 radical (unpaired) electrons. The van der Waals surface area contributed by atoms with Gasteiger partial charge in [0.2, 0.25) is 0 Å². The Hall–Kier alpha value is -1.66. The maximum Gasteiger partial charge on any atom is 0.270 e. The zero-order valence-electron chi connectivity index (χ0n) is 14.5. The summed E-state index contributed by atoms with van der Waals surface area (Å²) in [6.45, 7) is 1.72. The maximum absolute atomic E-state index is 13.1. The van der Waals surface area contributed by atoms with Crippen molar-refractivity contribution in [2.75, 3.05) is 45.8 Å². The molecule has 2 heterocycles. The van der Waals surface area contributed by atoms with Gasteiger partial charge in [0.05, 0.1) is 13.2 Å². The number of aromatic amines is 1. The minimum atomic E-state index is 0.0968. The Labute approximate surface area is 147 Å². The molecular formula is C18H25N3O2S. The molecule has 1 N–H and O–H groups in total. The van der Waals surface area contributed by atoms with Crippen LogP contribution >= 0.6 is 11.8 Å². The molecule has 1 atom stereocenters. The first-order chi connectivity index (χ1) is 11.6. The normalized spacial score (nSPS) is 18.8. The average molecular weight is 347 g/mol. The molecule has 1 aliphatic heterocycles. The number of carbonyl (C=O) groups excluding carboxylic acids is 1. The number of H-pyrrole nitrogens is 1. The molecule has 3 rings (SSSR count). The number of hydrogen-bond acceptors (Lipinski definition) is 4. The van der Waals surface area contributed by atoms with Crippen molar-refractivity contribution in [2.24, 2.45) is 0 Å². The molecule has 1 aromatic carbocycles. The lowest BCUT2D eigenvalue weighted by Crippen LogP contribution is -2.46. The summed E-state index contributed by atoms with van der Waals surface area (Å²) in [4.78, 5) is 20.6. The van der Waals surface area contributed by atoms with Crippen LogP contribution in [-0.4, -0.2) is 72.5 Å². The average Bonchev–Trinajstić information content (AvgIpc) is 2.86. The van der Waals surface area contributed by atoms with E-state index in [0.29, 0.717) is 5.69 Å². The third-order valence-electron chi connectivity index (χ3n) is 4.34. The van der Waals surface area contributed by atoms with Gasteiger partial charge >= 0.3 is 0 Å². The van der Waals surface area contributed by atoms with E-state index in [0.717, 1.165) is 47.7 Å². The third-order valence-corrected chi connectivity index (χ3v) is 5.53. The maximum atomic E-state index is 13.1. The monoisotopic (exact) mass is 347 g/mol. The van der Waals surface area contributed by atoms with Gasteiger partial charge in [0.1, 0.15) is 11.4 Å². The van der Waals surface area contributed by atoms with Gasteiger partial charge in [-0.2, -0.15) is 11.8 Å². The third kappa shape index (κ3) is 3.70. The highest BCUT2D eigenvalue weighted by molar-refractivity contribution is 7.99. The van der Waals surface area contributed by atoms with Gasteiger partial charge in [0, 0.05) is 35.8 Å². The molecule has 0 aliphatic carbocycles. The SMILES string of the molecule is COc1ccc2cc(C(=O)N3CCCSCC3CN(C)C)[nH]c2c1. The molecule has 0 bridgehead atoms. The molecule has 5 nitrogen and oxygen atoms in total. The van der Waals surface area contributed by atoms with Crippen molar-refractivity contribution >= 4 is 28.6 Å². The van der Waals surface area contributed by atoms with Crippen LogP contribution in [0, 0.1) is 0 Å². The van der Waals surface area contributed by atoms with E-state index >= 15 is 0 Å². The lowest BCUT2D eigenvalue weighted by molar-refractivity contribution is 0.0670. The second kappa shape index (κ2) is 7.49. The Morgan fingerprint density at radius 3 is 3.00 bits per heavy atom. The van der Waals surface area contributed by atoms with E-state index in [-0.39, 0.29) is 11.9 Å². The van der Waals surface area contributed by atoms with Crippen molar-refractivity contribution in [3.63, 3.8) is 0 Å². The van der Waals surface area contributed by atoms with Crippen molar-refractivity contribution in [1.29, 1.82) is 0 Å². The van der Waals surface area contributed by atoms with E-state index in [2.05, 4.69) is 24.0 Å². The van der Waals surface area contributed by atoms with Crippen molar-refractivity contribution in [2.45, 2.75) is 12.5 Å². The quantitative estimate of drug-likeness (QED) is 0.924. The summed E-state index contributed by atoms with van der Waals surface area (Å²) >= 11 is 1.94. The van der Waals surface area contributed by atoms with E-state index in [1.165, 1.54) is 0 Å². The molecule has 1 aliphatic rings. The van der Waals surface area contributed by atoms with Gasteiger partial charge in [-0.05, 0) is 44.5 Å². The molecular weight excluding hydrogens is 322 g/mol. The van der Waals surface area contributed by atoms with Crippen LogP contribution in [0.15, 0.2) is 24.3 Å². The minimum Gasteiger partial charge on any atom is -0.497 e. The largest absolute Gasteiger partial charge is 0.497 e. The number of ether oxygens (including phenoxy) is 1. The van der Waals surface area contributed by atoms with Gasteiger partial charge in [0.25, 0.3) is 5.91 Å². The molecule has 1 amide bonds. The number of thioether (sulfide) groups is 1.